The third kappa shape index (κ3) is 1.89. The summed E-state index contributed by atoms with van der Waals surface area (Å²) in [4.78, 5) is 0. The number of rotatable bonds is 3. The number of aliphatic hydroxyl groups excluding tert-OH is 1. The van der Waals surface area contributed by atoms with Crippen LogP contribution < -0.4 is 0 Å². The minimum atomic E-state index is -0.0568. The molecule has 5 nitrogen and oxygen atoms in total. The van der Waals surface area contributed by atoms with E-state index in [1.54, 1.807) is 0 Å². The van der Waals surface area contributed by atoms with E-state index in [9.17, 15) is 0 Å². The lowest BCUT2D eigenvalue weighted by Crippen LogP contribution is -2.13. The van der Waals surface area contributed by atoms with Crippen LogP contribution in [-0.2, 0) is 11.3 Å². The molecule has 0 amide bonds. The number of ether oxygens (including phenoxy) is 1. The van der Waals surface area contributed by atoms with Gasteiger partial charge in [0.25, 0.3) is 0 Å². The van der Waals surface area contributed by atoms with Crippen molar-refractivity contribution in [1.29, 1.82) is 0 Å². The van der Waals surface area contributed by atoms with Gasteiger partial charge in [0.1, 0.15) is 12.4 Å². The highest BCUT2D eigenvalue weighted by Gasteiger charge is 2.25. The van der Waals surface area contributed by atoms with E-state index in [1.807, 2.05) is 4.57 Å². The molecule has 1 atom stereocenters. The van der Waals surface area contributed by atoms with Crippen molar-refractivity contribution < 1.29 is 9.84 Å². The first-order valence-corrected chi connectivity index (χ1v) is 5.36. The maximum Gasteiger partial charge on any atom is 0.159 e. The van der Waals surface area contributed by atoms with Crippen LogP contribution in [0.3, 0.4) is 0 Å². The summed E-state index contributed by atoms with van der Waals surface area (Å²) in [5.74, 6) is 1.93. The van der Waals surface area contributed by atoms with Gasteiger partial charge in [0, 0.05) is 18.6 Å². The third-order valence-electron chi connectivity index (χ3n) is 2.75. The van der Waals surface area contributed by atoms with Gasteiger partial charge in [0.05, 0.1) is 6.61 Å². The number of aromatic nitrogens is 3. The van der Waals surface area contributed by atoms with Crippen molar-refractivity contribution in [1.82, 2.24) is 14.8 Å². The molecule has 1 fully saturated rings. The SMILES string of the molecule is CC(C)n1c(CO)nnc1C1CCOC1. The van der Waals surface area contributed by atoms with E-state index in [0.29, 0.717) is 11.7 Å². The third-order valence-corrected chi connectivity index (χ3v) is 2.75. The van der Waals surface area contributed by atoms with E-state index in [-0.39, 0.29) is 12.6 Å². The Balaban J connectivity index is 2.33. The zero-order valence-corrected chi connectivity index (χ0v) is 9.18. The second-order valence-corrected chi connectivity index (χ2v) is 4.16. The van der Waals surface area contributed by atoms with Gasteiger partial charge < -0.3 is 14.4 Å². The monoisotopic (exact) mass is 211 g/mol. The van der Waals surface area contributed by atoms with Crippen LogP contribution >= 0.6 is 0 Å². The van der Waals surface area contributed by atoms with Crippen LogP contribution in [0, 0.1) is 0 Å². The quantitative estimate of drug-likeness (QED) is 0.805. The molecule has 0 saturated carbocycles. The smallest absolute Gasteiger partial charge is 0.159 e. The summed E-state index contributed by atoms with van der Waals surface area (Å²) >= 11 is 0. The summed E-state index contributed by atoms with van der Waals surface area (Å²) in [7, 11) is 0. The van der Waals surface area contributed by atoms with E-state index in [4.69, 9.17) is 9.84 Å². The van der Waals surface area contributed by atoms with Crippen molar-refractivity contribution in [3.8, 4) is 0 Å². The van der Waals surface area contributed by atoms with Gasteiger partial charge in [0.2, 0.25) is 0 Å². The Morgan fingerprint density at radius 2 is 2.33 bits per heavy atom. The van der Waals surface area contributed by atoms with Crippen molar-refractivity contribution in [3.05, 3.63) is 11.6 Å². The molecule has 1 unspecified atom stereocenters. The Labute approximate surface area is 89.1 Å². The molecule has 1 N–H and O–H groups in total. The molecule has 0 aromatic carbocycles. The zero-order valence-electron chi connectivity index (χ0n) is 9.18. The minimum Gasteiger partial charge on any atom is -0.388 e. The summed E-state index contributed by atoms with van der Waals surface area (Å²) in [5, 5.41) is 17.3. The van der Waals surface area contributed by atoms with Gasteiger partial charge in [-0.15, -0.1) is 10.2 Å². The molecule has 0 spiro atoms. The molecule has 1 aromatic heterocycles. The molecular formula is C10H17N3O2. The van der Waals surface area contributed by atoms with Gasteiger partial charge in [-0.05, 0) is 20.3 Å². The van der Waals surface area contributed by atoms with Crippen LogP contribution in [0.4, 0.5) is 0 Å². The van der Waals surface area contributed by atoms with Crippen LogP contribution in [0.2, 0.25) is 0 Å². The van der Waals surface area contributed by atoms with Gasteiger partial charge in [-0.3, -0.25) is 0 Å². The number of hydrogen-bond acceptors (Lipinski definition) is 4. The van der Waals surface area contributed by atoms with Crippen molar-refractivity contribution in [2.75, 3.05) is 13.2 Å². The summed E-state index contributed by atoms with van der Waals surface area (Å²) in [5.41, 5.74) is 0. The van der Waals surface area contributed by atoms with Gasteiger partial charge >= 0.3 is 0 Å². The normalized spacial score (nSPS) is 21.5. The molecule has 1 aromatic rings. The maximum absolute atomic E-state index is 9.17. The first kappa shape index (κ1) is 10.6. The van der Waals surface area contributed by atoms with Crippen LogP contribution in [0.25, 0.3) is 0 Å². The lowest BCUT2D eigenvalue weighted by molar-refractivity contribution is 0.192. The number of hydrogen-bond donors (Lipinski definition) is 1. The Morgan fingerprint density at radius 3 is 2.87 bits per heavy atom. The molecule has 84 valence electrons. The predicted octanol–water partition coefficient (Wildman–Crippen LogP) is 0.855. The van der Waals surface area contributed by atoms with Crippen molar-refractivity contribution in [2.24, 2.45) is 0 Å². The second kappa shape index (κ2) is 4.28. The highest BCUT2D eigenvalue weighted by molar-refractivity contribution is 5.04. The first-order valence-electron chi connectivity index (χ1n) is 5.36. The van der Waals surface area contributed by atoms with Crippen LogP contribution in [0.5, 0.6) is 0 Å². The topological polar surface area (TPSA) is 60.2 Å². The maximum atomic E-state index is 9.17. The molecule has 1 aliphatic heterocycles. The molecule has 15 heavy (non-hydrogen) atoms. The van der Waals surface area contributed by atoms with Gasteiger partial charge in [-0.1, -0.05) is 0 Å². The fourth-order valence-corrected chi connectivity index (χ4v) is 2.02. The molecule has 0 radical (unpaired) electrons. The van der Waals surface area contributed by atoms with E-state index in [1.165, 1.54) is 0 Å². The van der Waals surface area contributed by atoms with Crippen molar-refractivity contribution >= 4 is 0 Å². The standard InChI is InChI=1S/C10H17N3O2/c1-7(2)13-9(5-14)11-12-10(13)8-3-4-15-6-8/h7-8,14H,3-6H2,1-2H3. The average molecular weight is 211 g/mol. The Hall–Kier alpha value is -0.940. The Kier molecular flexibility index (Phi) is 3.02. The zero-order chi connectivity index (χ0) is 10.8. The molecular weight excluding hydrogens is 194 g/mol. The Bertz CT molecular complexity index is 329. The fourth-order valence-electron chi connectivity index (χ4n) is 2.02. The van der Waals surface area contributed by atoms with Crippen molar-refractivity contribution in [3.63, 3.8) is 0 Å². The number of aliphatic hydroxyl groups is 1. The predicted molar refractivity (Wildman–Crippen MR) is 54.5 cm³/mol. The van der Waals surface area contributed by atoms with Gasteiger partial charge in [0.15, 0.2) is 5.82 Å². The molecule has 2 heterocycles. The van der Waals surface area contributed by atoms with E-state index >= 15 is 0 Å². The summed E-state index contributed by atoms with van der Waals surface area (Å²) in [6.07, 6.45) is 0.996. The van der Waals surface area contributed by atoms with Crippen LogP contribution in [0.1, 0.15) is 43.9 Å². The molecule has 1 aliphatic rings. The number of nitrogens with zero attached hydrogens (tertiary/aromatic N) is 3. The highest BCUT2D eigenvalue weighted by Crippen LogP contribution is 2.26. The average Bonchev–Trinajstić information content (AvgIpc) is 2.85. The summed E-state index contributed by atoms with van der Waals surface area (Å²) < 4.78 is 7.36. The Morgan fingerprint density at radius 1 is 1.53 bits per heavy atom. The van der Waals surface area contributed by atoms with Crippen LogP contribution in [0.15, 0.2) is 0 Å². The largest absolute Gasteiger partial charge is 0.388 e. The summed E-state index contributed by atoms with van der Waals surface area (Å²) in [6, 6.07) is 0.276. The van der Waals surface area contributed by atoms with E-state index < -0.39 is 0 Å². The molecule has 5 heteroatoms. The van der Waals surface area contributed by atoms with E-state index in [2.05, 4.69) is 24.0 Å². The molecule has 2 rings (SSSR count). The second-order valence-electron chi connectivity index (χ2n) is 4.16. The highest BCUT2D eigenvalue weighted by atomic mass is 16.5. The molecule has 0 bridgehead atoms. The van der Waals surface area contributed by atoms with Crippen LogP contribution in [-0.4, -0.2) is 33.1 Å². The lowest BCUT2D eigenvalue weighted by atomic mass is 10.1. The van der Waals surface area contributed by atoms with Crippen molar-refractivity contribution in [2.45, 2.75) is 38.8 Å². The minimum absolute atomic E-state index is 0.0568. The lowest BCUT2D eigenvalue weighted by Gasteiger charge is -2.15. The van der Waals surface area contributed by atoms with Gasteiger partial charge in [-0.2, -0.15) is 0 Å². The molecule has 0 aliphatic carbocycles. The summed E-state index contributed by atoms with van der Waals surface area (Å²) in [6.45, 7) is 5.60. The fraction of sp³-hybridized carbons (Fsp3) is 0.800. The van der Waals surface area contributed by atoms with Gasteiger partial charge in [-0.25, -0.2) is 0 Å². The van der Waals surface area contributed by atoms with E-state index in [0.717, 1.165) is 25.5 Å². The first-order chi connectivity index (χ1) is 7.24. The molecule has 1 saturated heterocycles.